The van der Waals surface area contributed by atoms with Crippen LogP contribution in [0.3, 0.4) is 0 Å². The van der Waals surface area contributed by atoms with Crippen molar-refractivity contribution in [2.75, 3.05) is 19.6 Å². The van der Waals surface area contributed by atoms with Gasteiger partial charge in [0.25, 0.3) is 0 Å². The lowest BCUT2D eigenvalue weighted by Gasteiger charge is -2.48. The molecule has 142 valence electrons. The Bertz CT molecular complexity index is 692. The fourth-order valence-electron chi connectivity index (χ4n) is 4.34. The highest BCUT2D eigenvalue weighted by molar-refractivity contribution is 5.84. The predicted octanol–water partition coefficient (Wildman–Crippen LogP) is 2.98. The third-order valence-electron chi connectivity index (χ3n) is 6.34. The monoisotopic (exact) mass is 358 g/mol. The van der Waals surface area contributed by atoms with Crippen LogP contribution in [0.5, 0.6) is 0 Å². The third-order valence-corrected chi connectivity index (χ3v) is 6.34. The third kappa shape index (κ3) is 3.93. The molecule has 2 fully saturated rings. The van der Waals surface area contributed by atoms with Crippen molar-refractivity contribution < 1.29 is 14.7 Å². The fourth-order valence-corrected chi connectivity index (χ4v) is 4.34. The smallest absolute Gasteiger partial charge is 0.326 e. The zero-order chi connectivity index (χ0) is 18.9. The van der Waals surface area contributed by atoms with Crippen molar-refractivity contribution in [2.24, 2.45) is 5.41 Å². The van der Waals surface area contributed by atoms with E-state index in [4.69, 9.17) is 0 Å². The van der Waals surface area contributed by atoms with Gasteiger partial charge in [0.2, 0.25) is 5.91 Å². The van der Waals surface area contributed by atoms with E-state index in [0.29, 0.717) is 13.0 Å². The van der Waals surface area contributed by atoms with Crippen LogP contribution in [0.25, 0.3) is 0 Å². The zero-order valence-corrected chi connectivity index (χ0v) is 16.1. The Morgan fingerprint density at radius 1 is 1.23 bits per heavy atom. The molecule has 3 rings (SSSR count). The quantitative estimate of drug-likeness (QED) is 0.899. The van der Waals surface area contributed by atoms with Crippen molar-refractivity contribution in [3.63, 3.8) is 0 Å². The lowest BCUT2D eigenvalue weighted by atomic mass is 9.72. The molecule has 2 aliphatic heterocycles. The van der Waals surface area contributed by atoms with Crippen molar-refractivity contribution in [3.8, 4) is 0 Å². The van der Waals surface area contributed by atoms with E-state index in [9.17, 15) is 14.7 Å². The Morgan fingerprint density at radius 2 is 1.92 bits per heavy atom. The Labute approximate surface area is 156 Å². The minimum Gasteiger partial charge on any atom is -0.480 e. The van der Waals surface area contributed by atoms with Gasteiger partial charge in [-0.05, 0) is 69.7 Å². The first-order valence-corrected chi connectivity index (χ1v) is 9.60. The van der Waals surface area contributed by atoms with E-state index in [1.165, 1.54) is 16.7 Å². The van der Waals surface area contributed by atoms with E-state index in [2.05, 4.69) is 36.9 Å². The van der Waals surface area contributed by atoms with Gasteiger partial charge in [0, 0.05) is 19.5 Å². The topological polar surface area (TPSA) is 60.9 Å². The number of rotatable bonds is 4. The number of aliphatic carboxylic acids is 1. The van der Waals surface area contributed by atoms with Crippen molar-refractivity contribution in [1.29, 1.82) is 0 Å². The molecule has 1 spiro atoms. The number of piperidine rings is 2. The number of hydrogen-bond acceptors (Lipinski definition) is 3. The van der Waals surface area contributed by atoms with E-state index >= 15 is 0 Å². The normalized spacial score (nSPS) is 21.8. The molecule has 1 amide bonds. The van der Waals surface area contributed by atoms with Crippen LogP contribution >= 0.6 is 0 Å². The summed E-state index contributed by atoms with van der Waals surface area (Å²) < 4.78 is 0. The molecular weight excluding hydrogens is 328 g/mol. The maximum absolute atomic E-state index is 12.2. The summed E-state index contributed by atoms with van der Waals surface area (Å²) in [6.45, 7) is 9.50. The molecule has 1 N–H and O–H groups in total. The molecule has 1 atom stereocenters. The fraction of sp³-hybridized carbons (Fsp3) is 0.619. The number of carbonyl (C=O) groups excluding carboxylic acids is 1. The SMILES string of the molecule is Cc1ccc(C)c(CN2CCC3(CCC(=O)N(C(C)C(=O)O)C3)CC2)c1. The second-order valence-electron chi connectivity index (χ2n) is 8.24. The first-order chi connectivity index (χ1) is 12.3. The van der Waals surface area contributed by atoms with Crippen LogP contribution in [0, 0.1) is 19.3 Å². The Kier molecular flexibility index (Phi) is 5.37. The number of nitrogens with zero attached hydrogens (tertiary/aromatic N) is 2. The lowest BCUT2D eigenvalue weighted by Crippen LogP contribution is -2.55. The van der Waals surface area contributed by atoms with Crippen LogP contribution in [-0.4, -0.2) is 52.5 Å². The minimum atomic E-state index is -0.914. The van der Waals surface area contributed by atoms with Gasteiger partial charge in [-0.1, -0.05) is 23.8 Å². The Hall–Kier alpha value is -1.88. The molecule has 1 unspecified atom stereocenters. The van der Waals surface area contributed by atoms with Crippen LogP contribution < -0.4 is 0 Å². The van der Waals surface area contributed by atoms with Crippen molar-refractivity contribution in [2.45, 2.75) is 59.0 Å². The van der Waals surface area contributed by atoms with E-state index < -0.39 is 12.0 Å². The van der Waals surface area contributed by atoms with Gasteiger partial charge < -0.3 is 10.0 Å². The predicted molar refractivity (Wildman–Crippen MR) is 101 cm³/mol. The van der Waals surface area contributed by atoms with Crippen LogP contribution in [0.15, 0.2) is 18.2 Å². The molecule has 2 saturated heterocycles. The zero-order valence-electron chi connectivity index (χ0n) is 16.1. The van der Waals surface area contributed by atoms with Crippen LogP contribution in [0.1, 0.15) is 49.3 Å². The summed E-state index contributed by atoms with van der Waals surface area (Å²) in [5, 5.41) is 9.29. The number of carbonyl (C=O) groups is 2. The summed E-state index contributed by atoms with van der Waals surface area (Å²) in [5.74, 6) is -0.925. The van der Waals surface area contributed by atoms with Crippen LogP contribution in [-0.2, 0) is 16.1 Å². The molecule has 1 aromatic carbocycles. The Balaban J connectivity index is 1.63. The van der Waals surface area contributed by atoms with E-state index in [1.807, 2.05) is 0 Å². The maximum atomic E-state index is 12.2. The highest BCUT2D eigenvalue weighted by atomic mass is 16.4. The van der Waals surface area contributed by atoms with Crippen molar-refractivity contribution >= 4 is 11.9 Å². The van der Waals surface area contributed by atoms with Gasteiger partial charge >= 0.3 is 5.97 Å². The molecule has 5 heteroatoms. The number of amides is 1. The summed E-state index contributed by atoms with van der Waals surface area (Å²) in [5.41, 5.74) is 4.11. The highest BCUT2D eigenvalue weighted by Gasteiger charge is 2.43. The molecule has 2 aliphatic rings. The van der Waals surface area contributed by atoms with E-state index in [0.717, 1.165) is 38.9 Å². The molecule has 0 radical (unpaired) electrons. The summed E-state index contributed by atoms with van der Waals surface area (Å²) >= 11 is 0. The summed E-state index contributed by atoms with van der Waals surface area (Å²) in [6.07, 6.45) is 3.45. The van der Waals surface area contributed by atoms with Gasteiger partial charge in [-0.15, -0.1) is 0 Å². The molecule has 0 aliphatic carbocycles. The van der Waals surface area contributed by atoms with Crippen LogP contribution in [0.2, 0.25) is 0 Å². The average Bonchev–Trinajstić information content (AvgIpc) is 2.62. The van der Waals surface area contributed by atoms with Gasteiger partial charge in [0.05, 0.1) is 0 Å². The van der Waals surface area contributed by atoms with Gasteiger partial charge in [0.1, 0.15) is 6.04 Å². The Morgan fingerprint density at radius 3 is 2.58 bits per heavy atom. The lowest BCUT2D eigenvalue weighted by molar-refractivity contribution is -0.155. The number of carboxylic acids is 1. The molecule has 5 nitrogen and oxygen atoms in total. The first-order valence-electron chi connectivity index (χ1n) is 9.60. The highest BCUT2D eigenvalue weighted by Crippen LogP contribution is 2.41. The molecule has 2 heterocycles. The van der Waals surface area contributed by atoms with E-state index in [-0.39, 0.29) is 11.3 Å². The molecule has 26 heavy (non-hydrogen) atoms. The molecule has 0 saturated carbocycles. The average molecular weight is 358 g/mol. The molecule has 0 aromatic heterocycles. The van der Waals surface area contributed by atoms with Gasteiger partial charge in [-0.2, -0.15) is 0 Å². The first kappa shape index (κ1) is 18.9. The summed E-state index contributed by atoms with van der Waals surface area (Å²) in [6, 6.07) is 5.89. The number of carboxylic acid groups (broad SMARTS) is 1. The summed E-state index contributed by atoms with van der Waals surface area (Å²) in [4.78, 5) is 27.6. The van der Waals surface area contributed by atoms with Crippen LogP contribution in [0.4, 0.5) is 0 Å². The van der Waals surface area contributed by atoms with Gasteiger partial charge in [-0.25, -0.2) is 4.79 Å². The second-order valence-corrected chi connectivity index (χ2v) is 8.24. The number of aryl methyl sites for hydroxylation is 2. The molecular formula is C21H30N2O3. The largest absolute Gasteiger partial charge is 0.480 e. The second kappa shape index (κ2) is 7.39. The molecule has 1 aromatic rings. The maximum Gasteiger partial charge on any atom is 0.326 e. The molecule has 0 bridgehead atoms. The van der Waals surface area contributed by atoms with Gasteiger partial charge in [-0.3, -0.25) is 9.69 Å². The number of likely N-dealkylation sites (tertiary alicyclic amines) is 2. The van der Waals surface area contributed by atoms with Crippen molar-refractivity contribution in [3.05, 3.63) is 34.9 Å². The summed E-state index contributed by atoms with van der Waals surface area (Å²) in [7, 11) is 0. The van der Waals surface area contributed by atoms with E-state index in [1.54, 1.807) is 11.8 Å². The number of benzene rings is 1. The minimum absolute atomic E-state index is 0.0108. The standard InChI is InChI=1S/C21H30N2O3/c1-15-4-5-16(2)18(12-15)13-22-10-8-21(9-11-22)7-6-19(24)23(14-21)17(3)20(25)26/h4-5,12,17H,6-11,13-14H2,1-3H3,(H,25,26). The number of hydrogen-bond donors (Lipinski definition) is 1. The van der Waals surface area contributed by atoms with Crippen molar-refractivity contribution in [1.82, 2.24) is 9.80 Å². The van der Waals surface area contributed by atoms with Gasteiger partial charge in [0.15, 0.2) is 0 Å².